The number of hydrogen-bond donors (Lipinski definition) is 2. The molecular formula is C18H17FN2O4. The van der Waals surface area contributed by atoms with Gasteiger partial charge in [0.25, 0.3) is 5.91 Å². The van der Waals surface area contributed by atoms with Crippen LogP contribution in [0.25, 0.3) is 10.9 Å². The predicted octanol–water partition coefficient (Wildman–Crippen LogP) is 1.99. The third-order valence-corrected chi connectivity index (χ3v) is 5.44. The Labute approximate surface area is 142 Å². The summed E-state index contributed by atoms with van der Waals surface area (Å²) in [7, 11) is 0. The summed E-state index contributed by atoms with van der Waals surface area (Å²) < 4.78 is 13.4. The van der Waals surface area contributed by atoms with Crippen molar-refractivity contribution < 1.29 is 19.1 Å². The summed E-state index contributed by atoms with van der Waals surface area (Å²) in [6.07, 6.45) is 2.70. The molecule has 0 radical (unpaired) electrons. The van der Waals surface area contributed by atoms with Crippen LogP contribution in [0.4, 0.5) is 4.39 Å². The average Bonchev–Trinajstić information content (AvgIpc) is 3.12. The van der Waals surface area contributed by atoms with Gasteiger partial charge in [-0.15, -0.1) is 0 Å². The lowest BCUT2D eigenvalue weighted by Gasteiger charge is -2.25. The van der Waals surface area contributed by atoms with E-state index in [4.69, 9.17) is 0 Å². The lowest BCUT2D eigenvalue weighted by molar-refractivity contribution is -0.142. The highest BCUT2D eigenvalue weighted by atomic mass is 19.1. The number of carboxylic acid groups (broad SMARTS) is 1. The molecule has 0 bridgehead atoms. The van der Waals surface area contributed by atoms with E-state index >= 15 is 0 Å². The maximum absolute atomic E-state index is 13.4. The zero-order valence-electron chi connectivity index (χ0n) is 13.4. The fraction of sp³-hybridized carbons (Fsp3) is 0.389. The summed E-state index contributed by atoms with van der Waals surface area (Å²) in [5, 5.41) is 10.0. The first-order chi connectivity index (χ1) is 12.0. The molecule has 1 saturated carbocycles. The minimum atomic E-state index is -1.01. The Balaban J connectivity index is 1.80. The molecular weight excluding hydrogens is 327 g/mol. The van der Waals surface area contributed by atoms with Crippen molar-refractivity contribution in [1.29, 1.82) is 0 Å². The number of carbonyl (C=O) groups excluding carboxylic acids is 1. The normalized spacial score (nSPS) is 25.3. The van der Waals surface area contributed by atoms with Crippen molar-refractivity contribution in [2.24, 2.45) is 11.8 Å². The summed E-state index contributed by atoms with van der Waals surface area (Å²) >= 11 is 0. The van der Waals surface area contributed by atoms with Crippen molar-refractivity contribution in [1.82, 2.24) is 9.88 Å². The summed E-state index contributed by atoms with van der Waals surface area (Å²) in [6.45, 7) is 0.385. The summed E-state index contributed by atoms with van der Waals surface area (Å²) in [5.74, 6) is -1.86. The number of nitrogens with zero attached hydrogens (tertiary/aromatic N) is 1. The number of carbonyl (C=O) groups is 2. The Kier molecular flexibility index (Phi) is 3.59. The van der Waals surface area contributed by atoms with Crippen LogP contribution in [0.15, 0.2) is 29.1 Å². The van der Waals surface area contributed by atoms with Gasteiger partial charge >= 0.3 is 5.97 Å². The first-order valence-corrected chi connectivity index (χ1v) is 8.32. The van der Waals surface area contributed by atoms with Gasteiger partial charge in [0.2, 0.25) is 5.56 Å². The number of amides is 1. The molecule has 1 aliphatic heterocycles. The highest BCUT2D eigenvalue weighted by molar-refractivity contribution is 6.07. The van der Waals surface area contributed by atoms with Crippen molar-refractivity contribution in [2.45, 2.75) is 25.3 Å². The number of carboxylic acids is 1. The quantitative estimate of drug-likeness (QED) is 0.872. The number of aromatic amines is 1. The van der Waals surface area contributed by atoms with E-state index < -0.39 is 29.3 Å². The topological polar surface area (TPSA) is 90.5 Å². The lowest BCUT2D eigenvalue weighted by Crippen LogP contribution is -2.43. The number of nitrogens with one attached hydrogen (secondary N) is 1. The molecule has 1 aromatic carbocycles. The number of pyridine rings is 1. The second-order valence-corrected chi connectivity index (χ2v) is 6.83. The molecule has 4 rings (SSSR count). The largest absolute Gasteiger partial charge is 0.480 e. The van der Waals surface area contributed by atoms with E-state index in [9.17, 15) is 23.9 Å². The van der Waals surface area contributed by atoms with Gasteiger partial charge in [-0.3, -0.25) is 9.59 Å². The number of halogens is 1. The minimum absolute atomic E-state index is 0.0350. The zero-order valence-corrected chi connectivity index (χ0v) is 13.4. The fourth-order valence-electron chi connectivity index (χ4n) is 4.39. The van der Waals surface area contributed by atoms with Gasteiger partial charge in [-0.2, -0.15) is 0 Å². The van der Waals surface area contributed by atoms with E-state index in [0.717, 1.165) is 31.4 Å². The fourth-order valence-corrected chi connectivity index (χ4v) is 4.39. The van der Waals surface area contributed by atoms with E-state index in [1.165, 1.54) is 17.0 Å². The average molecular weight is 344 g/mol. The van der Waals surface area contributed by atoms with Crippen molar-refractivity contribution in [3.8, 4) is 0 Å². The second kappa shape index (κ2) is 5.68. The predicted molar refractivity (Wildman–Crippen MR) is 87.8 cm³/mol. The SMILES string of the molecule is O=C(O)[C@@H]1[C@H]2CCC[C@@H]2CN1C(=O)c1cc(=O)[nH]c2cc(F)ccc12. The smallest absolute Gasteiger partial charge is 0.326 e. The molecule has 6 nitrogen and oxygen atoms in total. The van der Waals surface area contributed by atoms with E-state index in [0.29, 0.717) is 11.9 Å². The Morgan fingerprint density at radius 3 is 2.80 bits per heavy atom. The molecule has 2 N–H and O–H groups in total. The number of rotatable bonds is 2. The van der Waals surface area contributed by atoms with Crippen molar-refractivity contribution in [3.05, 3.63) is 46.0 Å². The van der Waals surface area contributed by atoms with Gasteiger partial charge in [0.05, 0.1) is 11.1 Å². The van der Waals surface area contributed by atoms with Gasteiger partial charge in [0.1, 0.15) is 11.9 Å². The first kappa shape index (κ1) is 15.8. The van der Waals surface area contributed by atoms with Gasteiger partial charge in [0, 0.05) is 18.0 Å². The van der Waals surface area contributed by atoms with E-state index in [2.05, 4.69) is 4.98 Å². The van der Waals surface area contributed by atoms with Crippen LogP contribution in [0.3, 0.4) is 0 Å². The highest BCUT2D eigenvalue weighted by Crippen LogP contribution is 2.42. The van der Waals surface area contributed by atoms with Gasteiger partial charge in [-0.25, -0.2) is 9.18 Å². The first-order valence-electron chi connectivity index (χ1n) is 8.32. The van der Waals surface area contributed by atoms with Crippen molar-refractivity contribution >= 4 is 22.8 Å². The molecule has 25 heavy (non-hydrogen) atoms. The Bertz CT molecular complexity index is 938. The Hall–Kier alpha value is -2.70. The minimum Gasteiger partial charge on any atom is -0.480 e. The van der Waals surface area contributed by atoms with Gasteiger partial charge in [-0.1, -0.05) is 6.42 Å². The van der Waals surface area contributed by atoms with E-state index in [1.54, 1.807) is 0 Å². The van der Waals surface area contributed by atoms with Crippen LogP contribution in [0.1, 0.15) is 29.6 Å². The van der Waals surface area contributed by atoms with Crippen LogP contribution < -0.4 is 5.56 Å². The maximum atomic E-state index is 13.4. The second-order valence-electron chi connectivity index (χ2n) is 6.83. The van der Waals surface area contributed by atoms with Crippen LogP contribution >= 0.6 is 0 Å². The third-order valence-electron chi connectivity index (χ3n) is 5.44. The maximum Gasteiger partial charge on any atom is 0.326 e. The molecule has 2 heterocycles. The number of hydrogen-bond acceptors (Lipinski definition) is 3. The highest BCUT2D eigenvalue weighted by Gasteiger charge is 2.49. The van der Waals surface area contributed by atoms with Crippen LogP contribution in [-0.4, -0.2) is 39.5 Å². The van der Waals surface area contributed by atoms with Crippen molar-refractivity contribution in [2.75, 3.05) is 6.54 Å². The van der Waals surface area contributed by atoms with Crippen LogP contribution in [0.2, 0.25) is 0 Å². The molecule has 1 amide bonds. The Morgan fingerprint density at radius 2 is 2.04 bits per heavy atom. The van der Waals surface area contributed by atoms with E-state index in [1.807, 2.05) is 0 Å². The summed E-state index contributed by atoms with van der Waals surface area (Å²) in [6, 6.07) is 4.09. The van der Waals surface area contributed by atoms with Crippen LogP contribution in [0.5, 0.6) is 0 Å². The number of fused-ring (bicyclic) bond motifs is 2. The van der Waals surface area contributed by atoms with Crippen molar-refractivity contribution in [3.63, 3.8) is 0 Å². The molecule has 3 atom stereocenters. The number of aromatic nitrogens is 1. The molecule has 2 fully saturated rings. The molecule has 2 aromatic rings. The summed E-state index contributed by atoms with van der Waals surface area (Å²) in [5.41, 5.74) is -0.181. The Morgan fingerprint density at radius 1 is 1.24 bits per heavy atom. The number of likely N-dealkylation sites (tertiary alicyclic amines) is 1. The molecule has 1 saturated heterocycles. The summed E-state index contributed by atoms with van der Waals surface area (Å²) in [4.78, 5) is 40.6. The lowest BCUT2D eigenvalue weighted by atomic mass is 9.94. The molecule has 0 unspecified atom stereocenters. The number of benzene rings is 1. The van der Waals surface area contributed by atoms with Gasteiger partial charge in [0.15, 0.2) is 0 Å². The standard InChI is InChI=1S/C18H17FN2O4/c19-10-4-5-12-13(7-15(22)20-14(12)6-10)17(23)21-8-9-2-1-3-11(9)16(21)18(24)25/h4-7,9,11,16H,1-3,8H2,(H,20,22)(H,24,25)/t9-,11+,16+/m1/s1. The molecule has 0 spiro atoms. The number of aliphatic carboxylic acids is 1. The third kappa shape index (κ3) is 2.50. The van der Waals surface area contributed by atoms with Crippen LogP contribution in [-0.2, 0) is 4.79 Å². The number of H-pyrrole nitrogens is 1. The molecule has 7 heteroatoms. The molecule has 1 aromatic heterocycles. The zero-order chi connectivity index (χ0) is 17.7. The molecule has 2 aliphatic rings. The van der Waals surface area contributed by atoms with Gasteiger partial charge in [-0.05, 0) is 42.9 Å². The van der Waals surface area contributed by atoms with Crippen LogP contribution in [0, 0.1) is 17.7 Å². The van der Waals surface area contributed by atoms with E-state index in [-0.39, 0.29) is 22.9 Å². The van der Waals surface area contributed by atoms with Gasteiger partial charge < -0.3 is 15.0 Å². The monoisotopic (exact) mass is 344 g/mol. The molecule has 130 valence electrons. The molecule has 1 aliphatic carbocycles.